The van der Waals surface area contributed by atoms with Crippen molar-refractivity contribution >= 4 is 12.0 Å². The van der Waals surface area contributed by atoms with Crippen LogP contribution in [0.4, 0.5) is 4.79 Å². The zero-order valence-electron chi connectivity index (χ0n) is 9.52. The van der Waals surface area contributed by atoms with Gasteiger partial charge in [0.05, 0.1) is 13.1 Å². The van der Waals surface area contributed by atoms with Gasteiger partial charge in [-0.1, -0.05) is 0 Å². The lowest BCUT2D eigenvalue weighted by molar-refractivity contribution is -0.139. The van der Waals surface area contributed by atoms with Gasteiger partial charge in [0.2, 0.25) is 5.91 Å². The van der Waals surface area contributed by atoms with Crippen LogP contribution in [0.5, 0.6) is 0 Å². The fourth-order valence-electron chi connectivity index (χ4n) is 1.47. The largest absolute Gasteiger partial charge is 0.442 e. The highest BCUT2D eigenvalue weighted by molar-refractivity contribution is 5.74. The summed E-state index contributed by atoms with van der Waals surface area (Å²) in [5, 5.41) is 0. The Kier molecular flexibility index (Phi) is 3.94. The molecular formula is C10H18N2O3. The fraction of sp³-hybridized carbons (Fsp3) is 0.800. The average Bonchev–Trinajstić information content (AvgIpc) is 2.12. The molecule has 0 saturated carbocycles. The molecule has 1 aliphatic heterocycles. The summed E-state index contributed by atoms with van der Waals surface area (Å²) < 4.78 is 5.20. The van der Waals surface area contributed by atoms with E-state index in [4.69, 9.17) is 4.74 Å². The van der Waals surface area contributed by atoms with Crippen LogP contribution in [0, 0.1) is 0 Å². The van der Waals surface area contributed by atoms with Crippen molar-refractivity contribution in [1.29, 1.82) is 0 Å². The third-order valence-corrected chi connectivity index (χ3v) is 2.58. The molecule has 15 heavy (non-hydrogen) atoms. The Bertz CT molecular complexity index is 245. The van der Waals surface area contributed by atoms with Gasteiger partial charge in [0.25, 0.3) is 0 Å². The van der Waals surface area contributed by atoms with Crippen LogP contribution in [0.25, 0.3) is 0 Å². The molecule has 0 N–H and O–H groups in total. The first-order valence-electron chi connectivity index (χ1n) is 5.29. The predicted octanol–water partition coefficient (Wildman–Crippen LogP) is 0.696. The lowest BCUT2D eigenvalue weighted by Gasteiger charge is -2.38. The Morgan fingerprint density at radius 1 is 1.33 bits per heavy atom. The molecule has 0 bridgehead atoms. The molecule has 1 rings (SSSR count). The number of likely N-dealkylation sites (tertiary alicyclic amines) is 1. The molecule has 0 aromatic heterocycles. The van der Waals surface area contributed by atoms with Crippen molar-refractivity contribution < 1.29 is 14.3 Å². The van der Waals surface area contributed by atoms with E-state index >= 15 is 0 Å². The molecule has 1 fully saturated rings. The van der Waals surface area contributed by atoms with Gasteiger partial charge < -0.3 is 14.5 Å². The van der Waals surface area contributed by atoms with E-state index in [1.807, 2.05) is 13.8 Å². The van der Waals surface area contributed by atoms with Crippen LogP contribution in [0.3, 0.4) is 0 Å². The Morgan fingerprint density at radius 2 is 1.87 bits per heavy atom. The van der Waals surface area contributed by atoms with Crippen molar-refractivity contribution in [2.45, 2.75) is 26.9 Å². The fourth-order valence-corrected chi connectivity index (χ4v) is 1.47. The van der Waals surface area contributed by atoms with Gasteiger partial charge >= 0.3 is 6.09 Å². The summed E-state index contributed by atoms with van der Waals surface area (Å²) in [6.45, 7) is 7.70. The standard InChI is InChI=1S/C10H18N2O3/c1-4-11(5-2)10(14)15-9-6-12(7-9)8(3)13/h9H,4-7H2,1-3H3. The average molecular weight is 214 g/mol. The monoisotopic (exact) mass is 214 g/mol. The quantitative estimate of drug-likeness (QED) is 0.694. The summed E-state index contributed by atoms with van der Waals surface area (Å²) in [6, 6.07) is 0. The smallest absolute Gasteiger partial charge is 0.410 e. The summed E-state index contributed by atoms with van der Waals surface area (Å²) >= 11 is 0. The van der Waals surface area contributed by atoms with Crippen LogP contribution in [0.15, 0.2) is 0 Å². The second-order valence-corrected chi connectivity index (χ2v) is 3.60. The van der Waals surface area contributed by atoms with Crippen LogP contribution in [-0.2, 0) is 9.53 Å². The molecule has 0 atom stereocenters. The Morgan fingerprint density at radius 3 is 2.27 bits per heavy atom. The van der Waals surface area contributed by atoms with Gasteiger partial charge in [0.15, 0.2) is 0 Å². The second-order valence-electron chi connectivity index (χ2n) is 3.60. The van der Waals surface area contributed by atoms with E-state index in [1.165, 1.54) is 6.92 Å². The molecule has 0 unspecified atom stereocenters. The SMILES string of the molecule is CCN(CC)C(=O)OC1CN(C(C)=O)C1. The maximum atomic E-state index is 11.5. The summed E-state index contributed by atoms with van der Waals surface area (Å²) in [5.41, 5.74) is 0. The van der Waals surface area contributed by atoms with Crippen LogP contribution < -0.4 is 0 Å². The molecule has 5 nitrogen and oxygen atoms in total. The first-order chi connectivity index (χ1) is 7.08. The first-order valence-corrected chi connectivity index (χ1v) is 5.29. The molecule has 0 spiro atoms. The van der Waals surface area contributed by atoms with Crippen molar-refractivity contribution in [3.63, 3.8) is 0 Å². The van der Waals surface area contributed by atoms with E-state index in [0.717, 1.165) is 0 Å². The van der Waals surface area contributed by atoms with Gasteiger partial charge in [-0.2, -0.15) is 0 Å². The molecular weight excluding hydrogens is 196 g/mol. The van der Waals surface area contributed by atoms with Crippen molar-refractivity contribution in [2.75, 3.05) is 26.2 Å². The maximum Gasteiger partial charge on any atom is 0.410 e. The number of nitrogens with zero attached hydrogens (tertiary/aromatic N) is 2. The Labute approximate surface area is 90.0 Å². The summed E-state index contributed by atoms with van der Waals surface area (Å²) in [7, 11) is 0. The highest BCUT2D eigenvalue weighted by Gasteiger charge is 2.32. The molecule has 1 saturated heterocycles. The van der Waals surface area contributed by atoms with Crippen molar-refractivity contribution in [3.8, 4) is 0 Å². The van der Waals surface area contributed by atoms with Crippen LogP contribution in [0.2, 0.25) is 0 Å². The van der Waals surface area contributed by atoms with Crippen molar-refractivity contribution in [2.24, 2.45) is 0 Å². The molecule has 0 aromatic carbocycles. The number of carbonyl (C=O) groups excluding carboxylic acids is 2. The molecule has 2 amide bonds. The van der Waals surface area contributed by atoms with E-state index < -0.39 is 0 Å². The van der Waals surface area contributed by atoms with Crippen molar-refractivity contribution in [3.05, 3.63) is 0 Å². The van der Waals surface area contributed by atoms with E-state index in [2.05, 4.69) is 0 Å². The number of ether oxygens (including phenoxy) is 1. The lowest BCUT2D eigenvalue weighted by Crippen LogP contribution is -2.55. The number of carbonyl (C=O) groups is 2. The summed E-state index contributed by atoms with van der Waals surface area (Å²) in [6.07, 6.45) is -0.407. The highest BCUT2D eigenvalue weighted by atomic mass is 16.6. The van der Waals surface area contributed by atoms with E-state index in [0.29, 0.717) is 26.2 Å². The molecule has 1 heterocycles. The Balaban J connectivity index is 2.27. The van der Waals surface area contributed by atoms with Crippen LogP contribution in [0.1, 0.15) is 20.8 Å². The lowest BCUT2D eigenvalue weighted by atomic mass is 10.2. The number of amides is 2. The first kappa shape index (κ1) is 11.8. The predicted molar refractivity (Wildman–Crippen MR) is 55.4 cm³/mol. The zero-order chi connectivity index (χ0) is 11.4. The maximum absolute atomic E-state index is 11.5. The van der Waals surface area contributed by atoms with E-state index in [9.17, 15) is 9.59 Å². The van der Waals surface area contributed by atoms with Gasteiger partial charge in [-0.3, -0.25) is 4.79 Å². The van der Waals surface area contributed by atoms with Crippen LogP contribution in [-0.4, -0.2) is 54.1 Å². The number of hydrogen-bond acceptors (Lipinski definition) is 3. The molecule has 86 valence electrons. The molecule has 5 heteroatoms. The molecule has 0 radical (unpaired) electrons. The van der Waals surface area contributed by atoms with Gasteiger partial charge in [-0.15, -0.1) is 0 Å². The molecule has 0 aromatic rings. The third-order valence-electron chi connectivity index (χ3n) is 2.58. The molecule has 0 aliphatic carbocycles. The van der Waals surface area contributed by atoms with Crippen molar-refractivity contribution in [1.82, 2.24) is 9.80 Å². The highest BCUT2D eigenvalue weighted by Crippen LogP contribution is 2.12. The minimum atomic E-state index is -0.284. The summed E-state index contributed by atoms with van der Waals surface area (Å²) in [4.78, 5) is 25.6. The van der Waals surface area contributed by atoms with Gasteiger partial charge in [0.1, 0.15) is 6.10 Å². The Hall–Kier alpha value is -1.26. The summed E-state index contributed by atoms with van der Waals surface area (Å²) in [5.74, 6) is 0.0325. The third kappa shape index (κ3) is 2.84. The van der Waals surface area contributed by atoms with E-state index in [-0.39, 0.29) is 18.1 Å². The second kappa shape index (κ2) is 5.00. The zero-order valence-corrected chi connectivity index (χ0v) is 9.52. The minimum Gasteiger partial charge on any atom is -0.442 e. The number of rotatable bonds is 3. The molecule has 1 aliphatic rings. The van der Waals surface area contributed by atoms with Crippen LogP contribution >= 0.6 is 0 Å². The topological polar surface area (TPSA) is 49.9 Å². The van der Waals surface area contributed by atoms with E-state index in [1.54, 1.807) is 9.80 Å². The minimum absolute atomic E-state index is 0.0325. The van der Waals surface area contributed by atoms with Gasteiger partial charge in [0, 0.05) is 20.0 Å². The normalized spacial score (nSPS) is 15.8. The van der Waals surface area contributed by atoms with Gasteiger partial charge in [-0.05, 0) is 13.8 Å². The number of hydrogen-bond donors (Lipinski definition) is 0. The van der Waals surface area contributed by atoms with Gasteiger partial charge in [-0.25, -0.2) is 4.79 Å².